The Morgan fingerprint density at radius 1 is 1.32 bits per heavy atom. The van der Waals surface area contributed by atoms with Crippen LogP contribution in [0.15, 0.2) is 35.5 Å². The summed E-state index contributed by atoms with van der Waals surface area (Å²) >= 11 is 0. The number of aliphatic imine (C=N–C) groups is 1. The predicted molar refractivity (Wildman–Crippen MR) is 86.0 cm³/mol. The summed E-state index contributed by atoms with van der Waals surface area (Å²) in [5.74, 6) is 0.371. The van der Waals surface area contributed by atoms with Crippen LogP contribution in [0.5, 0.6) is 6.01 Å². The van der Waals surface area contributed by atoms with Gasteiger partial charge < -0.3 is 15.8 Å². The molecule has 0 atom stereocenters. The van der Waals surface area contributed by atoms with Crippen molar-refractivity contribution in [3.8, 4) is 6.01 Å². The quantitative estimate of drug-likeness (QED) is 0.665. The number of hydrogen-bond acceptors (Lipinski definition) is 4. The minimum atomic E-state index is 0.331. The molecule has 6 nitrogen and oxygen atoms in total. The van der Waals surface area contributed by atoms with Crippen LogP contribution >= 0.6 is 0 Å². The van der Waals surface area contributed by atoms with Gasteiger partial charge in [0.1, 0.15) is 0 Å². The lowest BCUT2D eigenvalue weighted by Crippen LogP contribution is -2.22. The molecule has 0 fully saturated rings. The SMILES string of the molecule is COc1nccc(CN=C(N)Nc2ccc3c(c2)CCC3)n1. The van der Waals surface area contributed by atoms with Gasteiger partial charge in [0, 0.05) is 11.9 Å². The van der Waals surface area contributed by atoms with E-state index < -0.39 is 0 Å². The van der Waals surface area contributed by atoms with Gasteiger partial charge in [0.15, 0.2) is 5.96 Å². The Bertz CT molecular complexity index is 699. The number of nitrogens with one attached hydrogen (secondary N) is 1. The Kier molecular flexibility index (Phi) is 4.18. The zero-order valence-corrected chi connectivity index (χ0v) is 12.5. The van der Waals surface area contributed by atoms with Crippen molar-refractivity contribution in [2.75, 3.05) is 12.4 Å². The molecule has 6 heteroatoms. The third-order valence-corrected chi connectivity index (χ3v) is 3.66. The Morgan fingerprint density at radius 2 is 2.18 bits per heavy atom. The highest BCUT2D eigenvalue weighted by atomic mass is 16.5. The van der Waals surface area contributed by atoms with E-state index in [9.17, 15) is 0 Å². The molecule has 1 heterocycles. The largest absolute Gasteiger partial charge is 0.467 e. The van der Waals surface area contributed by atoms with Crippen LogP contribution in [0.1, 0.15) is 23.2 Å². The maximum Gasteiger partial charge on any atom is 0.316 e. The van der Waals surface area contributed by atoms with Crippen LogP contribution in [0.25, 0.3) is 0 Å². The zero-order valence-electron chi connectivity index (χ0n) is 12.5. The topological polar surface area (TPSA) is 85.4 Å². The first-order chi connectivity index (χ1) is 10.7. The summed E-state index contributed by atoms with van der Waals surface area (Å²) in [6.07, 6.45) is 5.19. The lowest BCUT2D eigenvalue weighted by atomic mass is 10.1. The smallest absolute Gasteiger partial charge is 0.316 e. The summed E-state index contributed by atoms with van der Waals surface area (Å²) < 4.78 is 4.98. The summed E-state index contributed by atoms with van der Waals surface area (Å²) in [5, 5.41) is 3.12. The molecule has 0 aliphatic heterocycles. The first-order valence-electron chi connectivity index (χ1n) is 7.29. The van der Waals surface area contributed by atoms with Crippen molar-refractivity contribution in [3.05, 3.63) is 47.3 Å². The van der Waals surface area contributed by atoms with Crippen LogP contribution in [0.2, 0.25) is 0 Å². The van der Waals surface area contributed by atoms with Crippen molar-refractivity contribution in [2.24, 2.45) is 10.7 Å². The van der Waals surface area contributed by atoms with E-state index in [1.807, 2.05) is 6.07 Å². The summed E-state index contributed by atoms with van der Waals surface area (Å²) in [5.41, 5.74) is 10.5. The average Bonchev–Trinajstić information content (AvgIpc) is 3.01. The van der Waals surface area contributed by atoms with Crippen molar-refractivity contribution in [1.82, 2.24) is 9.97 Å². The monoisotopic (exact) mass is 297 g/mol. The molecule has 1 aliphatic rings. The van der Waals surface area contributed by atoms with E-state index in [2.05, 4.69) is 32.4 Å². The molecular weight excluding hydrogens is 278 g/mol. The van der Waals surface area contributed by atoms with Crippen molar-refractivity contribution in [3.63, 3.8) is 0 Å². The molecule has 1 aromatic heterocycles. The molecule has 0 saturated heterocycles. The number of hydrogen-bond donors (Lipinski definition) is 2. The Balaban J connectivity index is 1.64. The number of benzene rings is 1. The first kappa shape index (κ1) is 14.3. The number of ether oxygens (including phenoxy) is 1. The van der Waals surface area contributed by atoms with Gasteiger partial charge in [-0.3, -0.25) is 0 Å². The molecule has 1 aliphatic carbocycles. The third kappa shape index (κ3) is 3.33. The fourth-order valence-electron chi connectivity index (χ4n) is 2.57. The fraction of sp³-hybridized carbons (Fsp3) is 0.312. The molecule has 22 heavy (non-hydrogen) atoms. The minimum Gasteiger partial charge on any atom is -0.467 e. The predicted octanol–water partition coefficient (Wildman–Crippen LogP) is 1.90. The number of aryl methyl sites for hydroxylation is 2. The van der Waals surface area contributed by atoms with Gasteiger partial charge in [0.05, 0.1) is 19.3 Å². The first-order valence-corrected chi connectivity index (χ1v) is 7.29. The molecule has 0 unspecified atom stereocenters. The van der Waals surface area contributed by atoms with Gasteiger partial charge in [0.25, 0.3) is 0 Å². The highest BCUT2D eigenvalue weighted by molar-refractivity contribution is 5.92. The molecule has 0 radical (unpaired) electrons. The van der Waals surface area contributed by atoms with E-state index in [1.54, 1.807) is 12.3 Å². The Morgan fingerprint density at radius 3 is 3.05 bits per heavy atom. The number of guanidine groups is 1. The molecule has 2 aromatic rings. The van der Waals surface area contributed by atoms with Crippen LogP contribution in [-0.4, -0.2) is 23.0 Å². The van der Waals surface area contributed by atoms with Gasteiger partial charge in [0.2, 0.25) is 0 Å². The number of methoxy groups -OCH3 is 1. The summed E-state index contributed by atoms with van der Waals surface area (Å²) in [6.45, 7) is 0.378. The summed E-state index contributed by atoms with van der Waals surface area (Å²) in [6, 6.07) is 8.47. The van der Waals surface area contributed by atoms with Gasteiger partial charge >= 0.3 is 6.01 Å². The van der Waals surface area contributed by atoms with Crippen LogP contribution in [0.3, 0.4) is 0 Å². The number of anilines is 1. The van der Waals surface area contributed by atoms with Gasteiger partial charge in [-0.25, -0.2) is 9.98 Å². The maximum absolute atomic E-state index is 5.93. The normalized spacial score (nSPS) is 13.8. The standard InChI is InChI=1S/C16H19N5O/c1-22-16-18-8-7-14(21-16)10-19-15(17)20-13-6-5-11-3-2-4-12(11)9-13/h5-9H,2-4,10H2,1H3,(H3,17,19,20). The second-order valence-electron chi connectivity index (χ2n) is 5.20. The van der Waals surface area contributed by atoms with E-state index in [1.165, 1.54) is 31.1 Å². The van der Waals surface area contributed by atoms with E-state index in [0.29, 0.717) is 18.5 Å². The van der Waals surface area contributed by atoms with E-state index in [0.717, 1.165) is 17.8 Å². The molecule has 0 amide bonds. The number of nitrogens with zero attached hydrogens (tertiary/aromatic N) is 3. The van der Waals surface area contributed by atoms with Gasteiger partial charge in [-0.05, 0) is 48.6 Å². The number of aromatic nitrogens is 2. The molecule has 0 spiro atoms. The molecule has 3 N–H and O–H groups in total. The van der Waals surface area contributed by atoms with Crippen LogP contribution < -0.4 is 15.8 Å². The van der Waals surface area contributed by atoms with Gasteiger partial charge in [-0.15, -0.1) is 0 Å². The van der Waals surface area contributed by atoms with Crippen molar-refractivity contribution >= 4 is 11.6 Å². The fourth-order valence-corrected chi connectivity index (χ4v) is 2.57. The lowest BCUT2D eigenvalue weighted by molar-refractivity contribution is 0.378. The minimum absolute atomic E-state index is 0.331. The highest BCUT2D eigenvalue weighted by Crippen LogP contribution is 2.24. The molecule has 3 rings (SSSR count). The highest BCUT2D eigenvalue weighted by Gasteiger charge is 2.10. The number of rotatable bonds is 4. The van der Waals surface area contributed by atoms with E-state index in [-0.39, 0.29) is 0 Å². The van der Waals surface area contributed by atoms with Crippen molar-refractivity contribution in [2.45, 2.75) is 25.8 Å². The van der Waals surface area contributed by atoms with Crippen LogP contribution in [0.4, 0.5) is 5.69 Å². The van der Waals surface area contributed by atoms with E-state index >= 15 is 0 Å². The van der Waals surface area contributed by atoms with E-state index in [4.69, 9.17) is 10.5 Å². The number of nitrogens with two attached hydrogens (primary N) is 1. The van der Waals surface area contributed by atoms with Gasteiger partial charge in [-0.1, -0.05) is 6.07 Å². The Hall–Kier alpha value is -2.63. The Labute approximate surface area is 129 Å². The van der Waals surface area contributed by atoms with Crippen LogP contribution in [-0.2, 0) is 19.4 Å². The molecule has 0 bridgehead atoms. The summed E-state index contributed by atoms with van der Waals surface area (Å²) in [4.78, 5) is 12.4. The molecular formula is C16H19N5O. The number of fused-ring (bicyclic) bond motifs is 1. The van der Waals surface area contributed by atoms with Crippen LogP contribution in [0, 0.1) is 0 Å². The summed E-state index contributed by atoms with van der Waals surface area (Å²) in [7, 11) is 1.53. The second kappa shape index (κ2) is 6.43. The molecule has 1 aromatic carbocycles. The lowest BCUT2D eigenvalue weighted by Gasteiger charge is -2.08. The zero-order chi connectivity index (χ0) is 15.4. The van der Waals surface area contributed by atoms with Gasteiger partial charge in [-0.2, -0.15) is 4.98 Å². The average molecular weight is 297 g/mol. The van der Waals surface area contributed by atoms with Crippen molar-refractivity contribution < 1.29 is 4.74 Å². The maximum atomic E-state index is 5.93. The second-order valence-corrected chi connectivity index (χ2v) is 5.20. The molecule has 0 saturated carbocycles. The third-order valence-electron chi connectivity index (χ3n) is 3.66. The van der Waals surface area contributed by atoms with Crippen molar-refractivity contribution in [1.29, 1.82) is 0 Å². The molecule has 114 valence electrons.